The second kappa shape index (κ2) is 4.26. The van der Waals surface area contributed by atoms with E-state index >= 15 is 0 Å². The molecule has 0 saturated carbocycles. The summed E-state index contributed by atoms with van der Waals surface area (Å²) in [5, 5.41) is 10.3. The summed E-state index contributed by atoms with van der Waals surface area (Å²) in [5.41, 5.74) is 0.154. The maximum absolute atomic E-state index is 12.0. The molecular weight excluding hydrogens is 267 g/mol. The van der Waals surface area contributed by atoms with Gasteiger partial charge in [-0.15, -0.1) is 0 Å². The molecule has 0 aliphatic rings. The van der Waals surface area contributed by atoms with Crippen molar-refractivity contribution in [3.05, 3.63) is 30.1 Å². The first-order valence-corrected chi connectivity index (χ1v) is 4.87. The summed E-state index contributed by atoms with van der Waals surface area (Å²) >= 11 is 0. The second-order valence-corrected chi connectivity index (χ2v) is 3.57. The molecule has 6 nitrogen and oxygen atoms in total. The number of nitrogens with zero attached hydrogens (tertiary/aromatic N) is 2. The SMILES string of the molecule is O=C(O)c1ccc2nc(NC(=O)C(F)(F)F)cn2c1. The molecule has 0 aliphatic heterocycles. The van der Waals surface area contributed by atoms with Crippen LogP contribution < -0.4 is 5.32 Å². The quantitative estimate of drug-likeness (QED) is 0.869. The first-order valence-electron chi connectivity index (χ1n) is 4.87. The third-order valence-electron chi connectivity index (χ3n) is 2.20. The minimum Gasteiger partial charge on any atom is -0.478 e. The van der Waals surface area contributed by atoms with Crippen molar-refractivity contribution in [3.8, 4) is 0 Å². The van der Waals surface area contributed by atoms with Crippen molar-refractivity contribution in [2.45, 2.75) is 6.18 Å². The van der Waals surface area contributed by atoms with Crippen molar-refractivity contribution >= 4 is 23.3 Å². The molecule has 0 atom stereocenters. The number of aromatic carboxylic acids is 1. The Balaban J connectivity index is 2.32. The number of fused-ring (bicyclic) bond motifs is 1. The number of halogens is 3. The first kappa shape index (κ1) is 12.9. The number of hydrogen-bond acceptors (Lipinski definition) is 3. The minimum atomic E-state index is -5.01. The number of pyridine rings is 1. The van der Waals surface area contributed by atoms with E-state index in [1.54, 1.807) is 5.32 Å². The van der Waals surface area contributed by atoms with Crippen LogP contribution in [0.5, 0.6) is 0 Å². The fourth-order valence-electron chi connectivity index (χ4n) is 1.37. The Kier molecular flexibility index (Phi) is 2.89. The molecule has 0 bridgehead atoms. The number of amides is 1. The molecule has 9 heteroatoms. The predicted octanol–water partition coefficient (Wildman–Crippen LogP) is 1.53. The Bertz CT molecular complexity index is 663. The molecule has 0 saturated heterocycles. The van der Waals surface area contributed by atoms with E-state index < -0.39 is 18.1 Å². The van der Waals surface area contributed by atoms with E-state index in [1.165, 1.54) is 22.7 Å². The fourth-order valence-corrected chi connectivity index (χ4v) is 1.37. The van der Waals surface area contributed by atoms with E-state index in [0.29, 0.717) is 0 Å². The molecule has 2 aromatic rings. The van der Waals surface area contributed by atoms with E-state index in [9.17, 15) is 22.8 Å². The first-order chi connectivity index (χ1) is 8.77. The van der Waals surface area contributed by atoms with Crippen LogP contribution in [0.15, 0.2) is 24.5 Å². The maximum atomic E-state index is 12.0. The van der Waals surface area contributed by atoms with Crippen LogP contribution in [0.1, 0.15) is 10.4 Å². The molecule has 0 aromatic carbocycles. The van der Waals surface area contributed by atoms with Crippen molar-refractivity contribution in [1.29, 1.82) is 0 Å². The number of carboxylic acid groups (broad SMARTS) is 1. The number of anilines is 1. The van der Waals surface area contributed by atoms with Crippen LogP contribution in [0.25, 0.3) is 5.65 Å². The standard InChI is InChI=1S/C10H6F3N3O3/c11-10(12,13)9(19)15-6-4-16-3-5(8(17)18)1-2-7(16)14-6/h1-4H,(H,15,19)(H,17,18). The summed E-state index contributed by atoms with van der Waals surface area (Å²) in [6.45, 7) is 0. The highest BCUT2D eigenvalue weighted by atomic mass is 19.4. The van der Waals surface area contributed by atoms with E-state index in [0.717, 1.165) is 6.20 Å². The Morgan fingerprint density at radius 3 is 2.53 bits per heavy atom. The topological polar surface area (TPSA) is 83.7 Å². The Hall–Kier alpha value is -2.58. The smallest absolute Gasteiger partial charge is 0.471 e. The van der Waals surface area contributed by atoms with E-state index in [1.807, 2.05) is 0 Å². The number of hydrogen-bond donors (Lipinski definition) is 2. The number of alkyl halides is 3. The monoisotopic (exact) mass is 273 g/mol. The van der Waals surface area contributed by atoms with Gasteiger partial charge in [-0.1, -0.05) is 0 Å². The van der Waals surface area contributed by atoms with Crippen LogP contribution in [0, 0.1) is 0 Å². The Morgan fingerprint density at radius 2 is 1.95 bits per heavy atom. The molecule has 100 valence electrons. The number of carboxylic acids is 1. The van der Waals surface area contributed by atoms with Crippen LogP contribution in [-0.4, -0.2) is 32.5 Å². The van der Waals surface area contributed by atoms with Crippen LogP contribution in [-0.2, 0) is 4.79 Å². The second-order valence-electron chi connectivity index (χ2n) is 3.57. The van der Waals surface area contributed by atoms with E-state index in [2.05, 4.69) is 4.98 Å². The molecule has 0 aliphatic carbocycles. The fraction of sp³-hybridized carbons (Fsp3) is 0.100. The zero-order valence-electron chi connectivity index (χ0n) is 9.10. The molecule has 19 heavy (non-hydrogen) atoms. The van der Waals surface area contributed by atoms with E-state index in [4.69, 9.17) is 5.11 Å². The molecule has 2 heterocycles. The van der Waals surface area contributed by atoms with Gasteiger partial charge in [-0.05, 0) is 12.1 Å². The normalized spacial score (nSPS) is 11.5. The van der Waals surface area contributed by atoms with Crippen LogP contribution in [0.3, 0.4) is 0 Å². The Labute approximate surface area is 103 Å². The van der Waals surface area contributed by atoms with Gasteiger partial charge >= 0.3 is 18.1 Å². The van der Waals surface area contributed by atoms with Gasteiger partial charge in [0.25, 0.3) is 0 Å². The number of carbonyl (C=O) groups excluding carboxylic acids is 1. The van der Waals surface area contributed by atoms with Crippen LogP contribution in [0.4, 0.5) is 19.0 Å². The third-order valence-corrected chi connectivity index (χ3v) is 2.20. The van der Waals surface area contributed by atoms with Gasteiger partial charge in [0, 0.05) is 6.20 Å². The van der Waals surface area contributed by atoms with E-state index in [-0.39, 0.29) is 17.0 Å². The highest BCUT2D eigenvalue weighted by Crippen LogP contribution is 2.18. The zero-order chi connectivity index (χ0) is 14.2. The van der Waals surface area contributed by atoms with Gasteiger partial charge in [0.05, 0.1) is 11.8 Å². The van der Waals surface area contributed by atoms with Gasteiger partial charge in [0.1, 0.15) is 5.65 Å². The van der Waals surface area contributed by atoms with Crippen molar-refractivity contribution in [1.82, 2.24) is 9.38 Å². The largest absolute Gasteiger partial charge is 0.478 e. The third kappa shape index (κ3) is 2.64. The summed E-state index contributed by atoms with van der Waals surface area (Å²) < 4.78 is 37.3. The summed E-state index contributed by atoms with van der Waals surface area (Å²) in [4.78, 5) is 25.1. The van der Waals surface area contributed by atoms with Gasteiger partial charge in [-0.2, -0.15) is 13.2 Å². The molecule has 0 spiro atoms. The summed E-state index contributed by atoms with van der Waals surface area (Å²) in [6, 6.07) is 2.56. The molecule has 0 unspecified atom stereocenters. The lowest BCUT2D eigenvalue weighted by Crippen LogP contribution is -2.30. The van der Waals surface area contributed by atoms with Crippen molar-refractivity contribution in [3.63, 3.8) is 0 Å². The molecule has 0 radical (unpaired) electrons. The summed E-state index contributed by atoms with van der Waals surface area (Å²) in [7, 11) is 0. The van der Waals surface area contributed by atoms with Gasteiger partial charge in [0.15, 0.2) is 5.82 Å². The molecule has 2 N–H and O–H groups in total. The van der Waals surface area contributed by atoms with Crippen molar-refractivity contribution in [2.75, 3.05) is 5.32 Å². The predicted molar refractivity (Wildman–Crippen MR) is 56.8 cm³/mol. The molecular formula is C10H6F3N3O3. The van der Waals surface area contributed by atoms with Gasteiger partial charge in [-0.25, -0.2) is 9.78 Å². The maximum Gasteiger partial charge on any atom is 0.471 e. The van der Waals surface area contributed by atoms with Gasteiger partial charge < -0.3 is 14.8 Å². The van der Waals surface area contributed by atoms with Crippen molar-refractivity contribution < 1.29 is 27.9 Å². The average Bonchev–Trinajstić information content (AvgIpc) is 2.68. The number of aromatic nitrogens is 2. The lowest BCUT2D eigenvalue weighted by Gasteiger charge is -2.04. The number of rotatable bonds is 2. The van der Waals surface area contributed by atoms with Gasteiger partial charge in [-0.3, -0.25) is 4.79 Å². The average molecular weight is 273 g/mol. The highest BCUT2D eigenvalue weighted by molar-refractivity contribution is 5.94. The lowest BCUT2D eigenvalue weighted by atomic mass is 10.3. The number of carbonyl (C=O) groups is 2. The minimum absolute atomic E-state index is 0.0569. The molecule has 2 aromatic heterocycles. The van der Waals surface area contributed by atoms with Gasteiger partial charge in [0.2, 0.25) is 0 Å². The molecule has 2 rings (SSSR count). The summed E-state index contributed by atoms with van der Waals surface area (Å²) in [5.74, 6) is -3.64. The number of imidazole rings is 1. The molecule has 1 amide bonds. The highest BCUT2D eigenvalue weighted by Gasteiger charge is 2.39. The lowest BCUT2D eigenvalue weighted by molar-refractivity contribution is -0.167. The van der Waals surface area contributed by atoms with Crippen LogP contribution >= 0.6 is 0 Å². The Morgan fingerprint density at radius 1 is 1.26 bits per heavy atom. The molecule has 0 fully saturated rings. The number of nitrogens with one attached hydrogen (secondary N) is 1. The zero-order valence-corrected chi connectivity index (χ0v) is 9.10. The summed E-state index contributed by atoms with van der Waals surface area (Å²) in [6.07, 6.45) is -2.75. The van der Waals surface area contributed by atoms with Crippen LogP contribution in [0.2, 0.25) is 0 Å². The van der Waals surface area contributed by atoms with Crippen molar-refractivity contribution in [2.24, 2.45) is 0 Å².